The average molecular weight is 281 g/mol. The third-order valence-corrected chi connectivity index (χ3v) is 4.63. The van der Waals surface area contributed by atoms with E-state index in [4.69, 9.17) is 0 Å². The van der Waals surface area contributed by atoms with Gasteiger partial charge in [-0.15, -0.1) is 0 Å². The van der Waals surface area contributed by atoms with E-state index < -0.39 is 11.6 Å². The van der Waals surface area contributed by atoms with Crippen LogP contribution in [0.3, 0.4) is 0 Å². The van der Waals surface area contributed by atoms with Crippen LogP contribution in [-0.4, -0.2) is 6.04 Å². The summed E-state index contributed by atoms with van der Waals surface area (Å²) in [6, 6.07) is 4.16. The molecule has 1 aliphatic carbocycles. The van der Waals surface area contributed by atoms with E-state index in [2.05, 4.69) is 19.2 Å². The van der Waals surface area contributed by atoms with Crippen LogP contribution >= 0.6 is 0 Å². The molecule has 0 heterocycles. The molecule has 0 radical (unpaired) electrons. The second kappa shape index (κ2) is 6.66. The maximum atomic E-state index is 13.7. The van der Waals surface area contributed by atoms with Gasteiger partial charge in [0.1, 0.15) is 11.6 Å². The number of hydrogen-bond donors (Lipinski definition) is 1. The van der Waals surface area contributed by atoms with Gasteiger partial charge in [0.15, 0.2) is 0 Å². The Morgan fingerprint density at radius 3 is 2.05 bits per heavy atom. The molecule has 1 N–H and O–H groups in total. The fourth-order valence-electron chi connectivity index (χ4n) is 3.31. The summed E-state index contributed by atoms with van der Waals surface area (Å²) >= 11 is 0. The molecule has 1 saturated carbocycles. The molecule has 1 unspecified atom stereocenters. The summed E-state index contributed by atoms with van der Waals surface area (Å²) in [5.41, 5.74) is 0.165. The molecular weight excluding hydrogens is 256 g/mol. The highest BCUT2D eigenvalue weighted by Crippen LogP contribution is 2.31. The predicted molar refractivity (Wildman–Crippen MR) is 78.5 cm³/mol. The van der Waals surface area contributed by atoms with Crippen LogP contribution in [0, 0.1) is 23.5 Å². The first kappa shape index (κ1) is 15.4. The Morgan fingerprint density at radius 2 is 1.55 bits per heavy atom. The van der Waals surface area contributed by atoms with Crippen LogP contribution in [0.5, 0.6) is 0 Å². The number of hydrogen-bond acceptors (Lipinski definition) is 1. The van der Waals surface area contributed by atoms with Crippen LogP contribution in [0.2, 0.25) is 0 Å². The summed E-state index contributed by atoms with van der Waals surface area (Å²) in [6.45, 7) is 6.39. The van der Waals surface area contributed by atoms with Crippen LogP contribution in [-0.2, 0) is 0 Å². The van der Waals surface area contributed by atoms with Crippen molar-refractivity contribution < 1.29 is 8.78 Å². The summed E-state index contributed by atoms with van der Waals surface area (Å²) in [7, 11) is 0. The number of rotatable bonds is 4. The minimum absolute atomic E-state index is 0.165. The van der Waals surface area contributed by atoms with Gasteiger partial charge in [-0.3, -0.25) is 0 Å². The molecule has 2 rings (SSSR count). The fraction of sp³-hybridized carbons (Fsp3) is 0.647. The molecule has 1 nitrogen and oxygen atoms in total. The average Bonchev–Trinajstić information content (AvgIpc) is 2.39. The molecule has 20 heavy (non-hydrogen) atoms. The largest absolute Gasteiger partial charge is 0.307 e. The lowest BCUT2D eigenvalue weighted by atomic mass is 9.79. The van der Waals surface area contributed by atoms with Crippen molar-refractivity contribution in [1.29, 1.82) is 0 Å². The summed E-state index contributed by atoms with van der Waals surface area (Å²) in [5, 5.41) is 3.40. The van der Waals surface area contributed by atoms with Gasteiger partial charge in [-0.1, -0.05) is 19.9 Å². The first-order valence-electron chi connectivity index (χ1n) is 7.69. The molecule has 1 aromatic carbocycles. The topological polar surface area (TPSA) is 12.0 Å². The van der Waals surface area contributed by atoms with Gasteiger partial charge in [0.2, 0.25) is 0 Å². The van der Waals surface area contributed by atoms with E-state index in [-0.39, 0.29) is 11.6 Å². The highest BCUT2D eigenvalue weighted by Gasteiger charge is 2.25. The summed E-state index contributed by atoms with van der Waals surface area (Å²) in [4.78, 5) is 0. The van der Waals surface area contributed by atoms with Crippen molar-refractivity contribution in [2.45, 2.75) is 58.5 Å². The van der Waals surface area contributed by atoms with Crippen molar-refractivity contribution in [3.63, 3.8) is 0 Å². The predicted octanol–water partition coefficient (Wildman–Crippen LogP) is 4.83. The van der Waals surface area contributed by atoms with Gasteiger partial charge in [0.05, 0.1) is 0 Å². The van der Waals surface area contributed by atoms with E-state index in [1.54, 1.807) is 0 Å². The zero-order chi connectivity index (χ0) is 14.7. The lowest BCUT2D eigenvalue weighted by Gasteiger charge is -2.33. The zero-order valence-corrected chi connectivity index (χ0v) is 12.6. The molecule has 0 aliphatic heterocycles. The first-order chi connectivity index (χ1) is 9.49. The van der Waals surface area contributed by atoms with Gasteiger partial charge >= 0.3 is 0 Å². The Bertz CT molecular complexity index is 416. The molecular formula is C17H25F2N. The molecule has 1 aliphatic rings. The summed E-state index contributed by atoms with van der Waals surface area (Å²) in [5.74, 6) is 0.618. The van der Waals surface area contributed by atoms with Crippen LogP contribution < -0.4 is 5.32 Å². The molecule has 0 bridgehead atoms. The molecule has 3 heteroatoms. The van der Waals surface area contributed by atoms with E-state index in [9.17, 15) is 8.78 Å². The number of nitrogens with one attached hydrogen (secondary N) is 1. The van der Waals surface area contributed by atoms with Gasteiger partial charge in [-0.25, -0.2) is 8.78 Å². The van der Waals surface area contributed by atoms with Crippen molar-refractivity contribution in [2.24, 2.45) is 11.8 Å². The molecule has 0 spiro atoms. The zero-order valence-electron chi connectivity index (χ0n) is 12.6. The Hall–Kier alpha value is -0.960. The third-order valence-electron chi connectivity index (χ3n) is 4.63. The van der Waals surface area contributed by atoms with E-state index in [1.807, 2.05) is 6.92 Å². The van der Waals surface area contributed by atoms with Crippen LogP contribution in [0.4, 0.5) is 8.78 Å². The van der Waals surface area contributed by atoms with Gasteiger partial charge in [0.25, 0.3) is 0 Å². The van der Waals surface area contributed by atoms with Crippen LogP contribution in [0.1, 0.15) is 58.1 Å². The normalized spacial score (nSPS) is 24.9. The maximum Gasteiger partial charge on any atom is 0.130 e. The van der Waals surface area contributed by atoms with Crippen molar-refractivity contribution in [3.05, 3.63) is 35.4 Å². The van der Waals surface area contributed by atoms with E-state index in [0.717, 1.165) is 24.7 Å². The molecule has 1 fully saturated rings. The monoisotopic (exact) mass is 281 g/mol. The van der Waals surface area contributed by atoms with Gasteiger partial charge < -0.3 is 5.32 Å². The van der Waals surface area contributed by atoms with Gasteiger partial charge in [-0.05, 0) is 56.6 Å². The maximum absolute atomic E-state index is 13.7. The first-order valence-corrected chi connectivity index (χ1v) is 7.69. The van der Waals surface area contributed by atoms with Crippen LogP contribution in [0.15, 0.2) is 18.2 Å². The van der Waals surface area contributed by atoms with E-state index >= 15 is 0 Å². The molecule has 0 amide bonds. The highest BCUT2D eigenvalue weighted by atomic mass is 19.1. The molecule has 0 saturated heterocycles. The smallest absolute Gasteiger partial charge is 0.130 e. The summed E-state index contributed by atoms with van der Waals surface area (Å²) < 4.78 is 27.5. The van der Waals surface area contributed by atoms with Gasteiger partial charge in [-0.2, -0.15) is 0 Å². The SMILES string of the molecule is CC(NC1CCC(C(C)C)CC1)c1c(F)cccc1F. The Labute approximate surface area is 120 Å². The summed E-state index contributed by atoms with van der Waals surface area (Å²) in [6.07, 6.45) is 4.62. The van der Waals surface area contributed by atoms with Crippen molar-refractivity contribution in [2.75, 3.05) is 0 Å². The van der Waals surface area contributed by atoms with Crippen molar-refractivity contribution in [1.82, 2.24) is 5.32 Å². The Balaban J connectivity index is 1.94. The lowest BCUT2D eigenvalue weighted by molar-refractivity contribution is 0.229. The second-order valence-corrected chi connectivity index (χ2v) is 6.38. The third kappa shape index (κ3) is 3.57. The lowest BCUT2D eigenvalue weighted by Crippen LogP contribution is -2.36. The second-order valence-electron chi connectivity index (χ2n) is 6.38. The van der Waals surface area contributed by atoms with E-state index in [1.165, 1.54) is 31.0 Å². The highest BCUT2D eigenvalue weighted by molar-refractivity contribution is 5.22. The minimum atomic E-state index is -0.458. The molecule has 0 aromatic heterocycles. The number of halogens is 2. The van der Waals surface area contributed by atoms with Gasteiger partial charge in [0, 0.05) is 17.6 Å². The molecule has 112 valence electrons. The Morgan fingerprint density at radius 1 is 1.00 bits per heavy atom. The standard InChI is InChI=1S/C17H25F2N/c1-11(2)13-7-9-14(10-8-13)20-12(3)17-15(18)5-4-6-16(17)19/h4-6,11-14,20H,7-10H2,1-3H3. The number of benzene rings is 1. The fourth-order valence-corrected chi connectivity index (χ4v) is 3.31. The quantitative estimate of drug-likeness (QED) is 0.833. The molecule has 1 aromatic rings. The van der Waals surface area contributed by atoms with Crippen LogP contribution in [0.25, 0.3) is 0 Å². The Kier molecular flexibility index (Phi) is 5.14. The minimum Gasteiger partial charge on any atom is -0.307 e. The van der Waals surface area contributed by atoms with Crippen molar-refractivity contribution in [3.8, 4) is 0 Å². The van der Waals surface area contributed by atoms with E-state index in [0.29, 0.717) is 6.04 Å². The van der Waals surface area contributed by atoms with Crippen molar-refractivity contribution >= 4 is 0 Å². The molecule has 1 atom stereocenters.